The van der Waals surface area contributed by atoms with E-state index in [1.807, 2.05) is 24.3 Å². The maximum atomic E-state index is 12.9. The second-order valence-electron chi connectivity index (χ2n) is 7.85. The van der Waals surface area contributed by atoms with Crippen LogP contribution in [0.15, 0.2) is 24.3 Å². The number of para-hydroxylation sites is 1. The SMILES string of the molecule is C[C@](C#N)(NC(=O)COC(=O)c1c2c(nc3ccccc13)CCCC2)C1CC1. The minimum Gasteiger partial charge on any atom is -0.452 e. The Kier molecular flexibility index (Phi) is 4.76. The quantitative estimate of drug-likeness (QED) is 0.809. The Morgan fingerprint density at radius 1 is 1.29 bits per heavy atom. The average molecular weight is 377 g/mol. The number of pyridine rings is 1. The van der Waals surface area contributed by atoms with Crippen LogP contribution < -0.4 is 5.32 Å². The van der Waals surface area contributed by atoms with E-state index in [1.165, 1.54) is 0 Å². The zero-order valence-electron chi connectivity index (χ0n) is 16.0. The Hall–Kier alpha value is -2.94. The maximum Gasteiger partial charge on any atom is 0.339 e. The first kappa shape index (κ1) is 18.4. The summed E-state index contributed by atoms with van der Waals surface area (Å²) in [5.41, 5.74) is 2.29. The average Bonchev–Trinajstić information content (AvgIpc) is 3.56. The van der Waals surface area contributed by atoms with E-state index in [4.69, 9.17) is 9.72 Å². The van der Waals surface area contributed by atoms with Crippen molar-refractivity contribution in [2.75, 3.05) is 6.61 Å². The minimum atomic E-state index is -0.897. The maximum absolute atomic E-state index is 12.9. The van der Waals surface area contributed by atoms with Gasteiger partial charge in [0.25, 0.3) is 5.91 Å². The van der Waals surface area contributed by atoms with E-state index in [0.29, 0.717) is 5.56 Å². The lowest BCUT2D eigenvalue weighted by Crippen LogP contribution is -2.48. The van der Waals surface area contributed by atoms with Gasteiger partial charge in [0.2, 0.25) is 0 Å². The molecular formula is C22H23N3O3. The zero-order valence-corrected chi connectivity index (χ0v) is 16.0. The number of hydrogen-bond donors (Lipinski definition) is 1. The molecule has 1 amide bonds. The fourth-order valence-electron chi connectivity index (χ4n) is 4.02. The highest BCUT2D eigenvalue weighted by atomic mass is 16.5. The van der Waals surface area contributed by atoms with Gasteiger partial charge in [0.15, 0.2) is 6.61 Å². The highest BCUT2D eigenvalue weighted by Gasteiger charge is 2.43. The van der Waals surface area contributed by atoms with E-state index in [9.17, 15) is 14.9 Å². The molecule has 2 aromatic rings. The number of nitrogens with one attached hydrogen (secondary N) is 1. The smallest absolute Gasteiger partial charge is 0.339 e. The predicted molar refractivity (Wildman–Crippen MR) is 104 cm³/mol. The van der Waals surface area contributed by atoms with Gasteiger partial charge in [-0.15, -0.1) is 0 Å². The number of carbonyl (C=O) groups excluding carboxylic acids is 2. The van der Waals surface area contributed by atoms with Gasteiger partial charge in [0.1, 0.15) is 5.54 Å². The zero-order chi connectivity index (χ0) is 19.7. The molecule has 0 aliphatic heterocycles. The van der Waals surface area contributed by atoms with Crippen LogP contribution in [0.3, 0.4) is 0 Å². The van der Waals surface area contributed by atoms with Gasteiger partial charge in [0.05, 0.1) is 17.1 Å². The monoisotopic (exact) mass is 377 g/mol. The molecular weight excluding hydrogens is 354 g/mol. The number of fused-ring (bicyclic) bond motifs is 2. The molecule has 1 aromatic heterocycles. The van der Waals surface area contributed by atoms with Gasteiger partial charge < -0.3 is 10.1 Å². The molecule has 1 heterocycles. The molecule has 0 saturated heterocycles. The molecule has 2 aliphatic rings. The minimum absolute atomic E-state index is 0.174. The summed E-state index contributed by atoms with van der Waals surface area (Å²) in [5.74, 6) is -0.776. The lowest BCUT2D eigenvalue weighted by molar-refractivity contribution is -0.125. The fourth-order valence-corrected chi connectivity index (χ4v) is 4.02. The number of ether oxygens (including phenoxy) is 1. The molecule has 1 fully saturated rings. The number of esters is 1. The van der Waals surface area contributed by atoms with E-state index < -0.39 is 24.0 Å². The van der Waals surface area contributed by atoms with Crippen LogP contribution in [-0.2, 0) is 22.4 Å². The molecule has 0 unspecified atom stereocenters. The van der Waals surface area contributed by atoms with Gasteiger partial charge in [-0.1, -0.05) is 18.2 Å². The summed E-state index contributed by atoms with van der Waals surface area (Å²) in [5, 5.41) is 12.9. The molecule has 28 heavy (non-hydrogen) atoms. The van der Waals surface area contributed by atoms with Crippen LogP contribution in [-0.4, -0.2) is 29.0 Å². The number of nitriles is 1. The lowest BCUT2D eigenvalue weighted by atomic mass is 9.90. The van der Waals surface area contributed by atoms with Crippen LogP contribution in [0.5, 0.6) is 0 Å². The normalized spacial score (nSPS) is 17.9. The number of carbonyl (C=O) groups is 2. The van der Waals surface area contributed by atoms with Gasteiger partial charge in [-0.25, -0.2) is 4.79 Å². The van der Waals surface area contributed by atoms with Gasteiger partial charge in [0, 0.05) is 11.1 Å². The third kappa shape index (κ3) is 3.45. The summed E-state index contributed by atoms with van der Waals surface area (Å²) in [7, 11) is 0. The number of benzene rings is 1. The molecule has 0 bridgehead atoms. The summed E-state index contributed by atoms with van der Waals surface area (Å²) in [6, 6.07) is 9.70. The van der Waals surface area contributed by atoms with Crippen molar-refractivity contribution in [2.24, 2.45) is 5.92 Å². The molecule has 6 nitrogen and oxygen atoms in total. The molecule has 6 heteroatoms. The van der Waals surface area contributed by atoms with E-state index in [-0.39, 0.29) is 5.92 Å². The first-order valence-electron chi connectivity index (χ1n) is 9.82. The van der Waals surface area contributed by atoms with Crippen LogP contribution in [0.1, 0.15) is 54.2 Å². The second kappa shape index (κ2) is 7.23. The Morgan fingerprint density at radius 3 is 2.79 bits per heavy atom. The Morgan fingerprint density at radius 2 is 2.04 bits per heavy atom. The number of nitrogens with zero attached hydrogens (tertiary/aromatic N) is 2. The summed E-state index contributed by atoms with van der Waals surface area (Å²) in [4.78, 5) is 29.9. The van der Waals surface area contributed by atoms with Crippen molar-refractivity contribution in [3.05, 3.63) is 41.1 Å². The third-order valence-electron chi connectivity index (χ3n) is 5.73. The Bertz CT molecular complexity index is 990. The van der Waals surface area contributed by atoms with E-state index >= 15 is 0 Å². The van der Waals surface area contributed by atoms with Crippen molar-refractivity contribution in [1.29, 1.82) is 5.26 Å². The summed E-state index contributed by atoms with van der Waals surface area (Å²) < 4.78 is 5.37. The molecule has 0 spiro atoms. The largest absolute Gasteiger partial charge is 0.452 e. The lowest BCUT2D eigenvalue weighted by Gasteiger charge is -2.23. The van der Waals surface area contributed by atoms with Crippen LogP contribution in [0.2, 0.25) is 0 Å². The Balaban J connectivity index is 1.54. The summed E-state index contributed by atoms with van der Waals surface area (Å²) in [6.07, 6.45) is 5.57. The molecule has 1 N–H and O–H groups in total. The fraction of sp³-hybridized carbons (Fsp3) is 0.455. The molecule has 1 saturated carbocycles. The van der Waals surface area contributed by atoms with Crippen LogP contribution in [0.4, 0.5) is 0 Å². The van der Waals surface area contributed by atoms with Gasteiger partial charge >= 0.3 is 5.97 Å². The van der Waals surface area contributed by atoms with Crippen molar-refractivity contribution in [2.45, 2.75) is 51.0 Å². The first-order valence-corrected chi connectivity index (χ1v) is 9.82. The molecule has 0 radical (unpaired) electrons. The van der Waals surface area contributed by atoms with Crippen LogP contribution >= 0.6 is 0 Å². The van der Waals surface area contributed by atoms with Crippen LogP contribution in [0.25, 0.3) is 10.9 Å². The van der Waals surface area contributed by atoms with E-state index in [0.717, 1.165) is 60.7 Å². The van der Waals surface area contributed by atoms with Gasteiger partial charge in [-0.2, -0.15) is 5.26 Å². The summed E-state index contributed by atoms with van der Waals surface area (Å²) in [6.45, 7) is 1.32. The van der Waals surface area contributed by atoms with Gasteiger partial charge in [-0.3, -0.25) is 9.78 Å². The molecule has 1 aromatic carbocycles. The summed E-state index contributed by atoms with van der Waals surface area (Å²) >= 11 is 0. The van der Waals surface area contributed by atoms with E-state index in [2.05, 4.69) is 11.4 Å². The van der Waals surface area contributed by atoms with Crippen molar-refractivity contribution in [1.82, 2.24) is 10.3 Å². The number of amides is 1. The van der Waals surface area contributed by atoms with Crippen molar-refractivity contribution in [3.63, 3.8) is 0 Å². The predicted octanol–water partition coefficient (Wildman–Crippen LogP) is 3.08. The molecule has 2 aliphatic carbocycles. The van der Waals surface area contributed by atoms with Crippen molar-refractivity contribution >= 4 is 22.8 Å². The second-order valence-corrected chi connectivity index (χ2v) is 7.85. The van der Waals surface area contributed by atoms with Crippen molar-refractivity contribution in [3.8, 4) is 6.07 Å². The first-order chi connectivity index (χ1) is 13.5. The highest BCUT2D eigenvalue weighted by Crippen LogP contribution is 2.39. The Labute approximate surface area is 163 Å². The third-order valence-corrected chi connectivity index (χ3v) is 5.73. The topological polar surface area (TPSA) is 92.1 Å². The van der Waals surface area contributed by atoms with Gasteiger partial charge in [-0.05, 0) is 63.0 Å². The van der Waals surface area contributed by atoms with Crippen LogP contribution in [0, 0.1) is 17.2 Å². The van der Waals surface area contributed by atoms with Crippen molar-refractivity contribution < 1.29 is 14.3 Å². The standard InChI is InChI=1S/C22H23N3O3/c1-22(13-23,14-10-11-14)25-19(26)12-28-21(27)20-15-6-2-4-8-17(15)24-18-9-5-3-7-16(18)20/h2,4,6,8,14H,3,5,7,9-12H2,1H3,(H,25,26)/t22-/m1/s1. The van der Waals surface area contributed by atoms with E-state index in [1.54, 1.807) is 6.92 Å². The number of aromatic nitrogens is 1. The number of aryl methyl sites for hydroxylation is 1. The molecule has 4 rings (SSSR count). The highest BCUT2D eigenvalue weighted by molar-refractivity contribution is 6.05. The number of rotatable bonds is 5. The molecule has 144 valence electrons. The molecule has 1 atom stereocenters. The number of hydrogen-bond acceptors (Lipinski definition) is 5.